The van der Waals surface area contributed by atoms with Crippen LogP contribution in [-0.4, -0.2) is 21.3 Å². The fraction of sp³-hybridized carbons (Fsp3) is 0.0909. The number of carbonyl (C=O) groups is 2. The molecule has 0 fully saturated rings. The molecule has 4 rings (SSSR count). The van der Waals surface area contributed by atoms with Gasteiger partial charge in [0.1, 0.15) is 6.61 Å². The van der Waals surface area contributed by atoms with Crippen LogP contribution in [0.5, 0.6) is 0 Å². The Morgan fingerprint density at radius 2 is 1.77 bits per heavy atom. The second-order valence-electron chi connectivity index (χ2n) is 6.43. The Bertz CT molecular complexity index is 1240. The molecule has 0 saturated heterocycles. The van der Waals surface area contributed by atoms with E-state index in [4.69, 9.17) is 4.74 Å². The maximum atomic E-state index is 12.8. The number of nitrogens with zero attached hydrogens (tertiary/aromatic N) is 2. The van der Waals surface area contributed by atoms with Gasteiger partial charge in [-0.25, -0.2) is 9.78 Å². The first-order valence-electron chi connectivity index (χ1n) is 9.15. The number of thiazole rings is 1. The summed E-state index contributed by atoms with van der Waals surface area (Å²) in [5, 5.41) is 4.48. The van der Waals surface area contributed by atoms with Crippen LogP contribution in [0.3, 0.4) is 0 Å². The highest BCUT2D eigenvalue weighted by atomic mass is 32.1. The van der Waals surface area contributed by atoms with Crippen molar-refractivity contribution in [2.45, 2.75) is 12.6 Å². The molecule has 2 aromatic carbocycles. The van der Waals surface area contributed by atoms with Gasteiger partial charge in [0.25, 0.3) is 11.5 Å². The van der Waals surface area contributed by atoms with Crippen LogP contribution in [0.1, 0.15) is 27.7 Å². The highest BCUT2D eigenvalue weighted by Gasteiger charge is 2.25. The van der Waals surface area contributed by atoms with Crippen LogP contribution in [0.25, 0.3) is 4.96 Å². The Morgan fingerprint density at radius 3 is 2.50 bits per heavy atom. The molecule has 0 bridgehead atoms. The van der Waals surface area contributed by atoms with Gasteiger partial charge >= 0.3 is 5.97 Å². The number of fused-ring (bicyclic) bond motifs is 1. The van der Waals surface area contributed by atoms with E-state index in [0.717, 1.165) is 0 Å². The lowest BCUT2D eigenvalue weighted by Crippen LogP contribution is -2.35. The lowest BCUT2D eigenvalue weighted by molar-refractivity contribution is -0.147. The maximum absolute atomic E-state index is 12.8. The minimum atomic E-state index is -0.995. The van der Waals surface area contributed by atoms with Crippen molar-refractivity contribution in [3.05, 3.63) is 105 Å². The number of aromatic nitrogens is 2. The lowest BCUT2D eigenvalue weighted by Gasteiger charge is -2.18. The fourth-order valence-electron chi connectivity index (χ4n) is 2.92. The predicted molar refractivity (Wildman–Crippen MR) is 112 cm³/mol. The molecule has 0 spiro atoms. The highest BCUT2D eigenvalue weighted by molar-refractivity contribution is 7.15. The molecule has 2 heterocycles. The van der Waals surface area contributed by atoms with Crippen LogP contribution < -0.4 is 10.9 Å². The molecular formula is C22H17N3O4S. The molecule has 0 aliphatic rings. The molecule has 4 aromatic rings. The molecule has 1 amide bonds. The third kappa shape index (κ3) is 4.28. The van der Waals surface area contributed by atoms with E-state index >= 15 is 0 Å². The highest BCUT2D eigenvalue weighted by Crippen LogP contribution is 2.17. The van der Waals surface area contributed by atoms with Crippen LogP contribution in [0, 0.1) is 0 Å². The van der Waals surface area contributed by atoms with Crippen molar-refractivity contribution in [2.24, 2.45) is 0 Å². The Labute approximate surface area is 175 Å². The summed E-state index contributed by atoms with van der Waals surface area (Å²) in [6.45, 7) is -0.174. The van der Waals surface area contributed by atoms with Gasteiger partial charge in [-0.1, -0.05) is 48.5 Å². The molecule has 30 heavy (non-hydrogen) atoms. The summed E-state index contributed by atoms with van der Waals surface area (Å²) in [5.74, 6) is -1.03. The summed E-state index contributed by atoms with van der Waals surface area (Å²) in [7, 11) is 0. The van der Waals surface area contributed by atoms with E-state index in [1.807, 2.05) is 6.07 Å². The Morgan fingerprint density at radius 1 is 1.07 bits per heavy atom. The molecule has 8 heteroatoms. The first-order chi connectivity index (χ1) is 14.6. The number of benzene rings is 2. The SMILES string of the molecule is O=C(N[C@@H](C(=O)OCc1cc(=O)n2ccsc2n1)c1ccccc1)c1ccccc1. The van der Waals surface area contributed by atoms with Gasteiger partial charge in [-0.15, -0.1) is 11.3 Å². The van der Waals surface area contributed by atoms with Gasteiger partial charge in [0, 0.05) is 23.2 Å². The molecule has 1 N–H and O–H groups in total. The topological polar surface area (TPSA) is 89.8 Å². The summed E-state index contributed by atoms with van der Waals surface area (Å²) >= 11 is 1.31. The number of rotatable bonds is 6. The number of hydrogen-bond acceptors (Lipinski definition) is 6. The van der Waals surface area contributed by atoms with E-state index in [1.54, 1.807) is 66.2 Å². The van der Waals surface area contributed by atoms with Crippen LogP contribution in [0.15, 0.2) is 83.1 Å². The van der Waals surface area contributed by atoms with Gasteiger partial charge in [-0.2, -0.15) is 0 Å². The number of hydrogen-bond donors (Lipinski definition) is 1. The molecule has 0 radical (unpaired) electrons. The second-order valence-corrected chi connectivity index (χ2v) is 7.31. The maximum Gasteiger partial charge on any atom is 0.333 e. The van der Waals surface area contributed by atoms with Crippen LogP contribution in [0.2, 0.25) is 0 Å². The fourth-order valence-corrected chi connectivity index (χ4v) is 3.66. The number of amides is 1. The van der Waals surface area contributed by atoms with Gasteiger partial charge in [0.2, 0.25) is 0 Å². The van der Waals surface area contributed by atoms with Crippen LogP contribution >= 0.6 is 11.3 Å². The van der Waals surface area contributed by atoms with E-state index < -0.39 is 17.9 Å². The van der Waals surface area contributed by atoms with Crippen LogP contribution in [-0.2, 0) is 16.1 Å². The average Bonchev–Trinajstić information content (AvgIpc) is 3.26. The first-order valence-corrected chi connectivity index (χ1v) is 10.0. The van der Waals surface area contributed by atoms with Gasteiger partial charge in [-0.3, -0.25) is 14.0 Å². The van der Waals surface area contributed by atoms with Crippen LogP contribution in [0.4, 0.5) is 0 Å². The zero-order chi connectivity index (χ0) is 20.9. The number of esters is 1. The van der Waals surface area contributed by atoms with Gasteiger partial charge in [-0.05, 0) is 17.7 Å². The molecule has 2 aromatic heterocycles. The van der Waals surface area contributed by atoms with Crippen molar-refractivity contribution in [1.29, 1.82) is 0 Å². The molecule has 0 saturated carbocycles. The zero-order valence-corrected chi connectivity index (χ0v) is 16.5. The van der Waals surface area contributed by atoms with Gasteiger partial charge in [0.15, 0.2) is 11.0 Å². The van der Waals surface area contributed by atoms with Crippen molar-refractivity contribution < 1.29 is 14.3 Å². The average molecular weight is 419 g/mol. The summed E-state index contributed by atoms with van der Waals surface area (Å²) in [5.41, 5.74) is 1.12. The largest absolute Gasteiger partial charge is 0.457 e. The molecular weight excluding hydrogens is 402 g/mol. The second kappa shape index (κ2) is 8.71. The van der Waals surface area contributed by atoms with E-state index in [0.29, 0.717) is 21.8 Å². The minimum absolute atomic E-state index is 0.174. The minimum Gasteiger partial charge on any atom is -0.457 e. The summed E-state index contributed by atoms with van der Waals surface area (Å²) in [6.07, 6.45) is 1.63. The number of carbonyl (C=O) groups excluding carboxylic acids is 2. The quantitative estimate of drug-likeness (QED) is 0.486. The Hall–Kier alpha value is -3.78. The summed E-state index contributed by atoms with van der Waals surface area (Å²) < 4.78 is 6.82. The molecule has 7 nitrogen and oxygen atoms in total. The van der Waals surface area contributed by atoms with Crippen molar-refractivity contribution >= 4 is 28.2 Å². The molecule has 0 unspecified atom stereocenters. The molecule has 0 aliphatic carbocycles. The third-order valence-corrected chi connectivity index (χ3v) is 5.16. The van der Waals surface area contributed by atoms with E-state index in [9.17, 15) is 14.4 Å². The standard InChI is InChI=1S/C22H17N3O4S/c26-18-13-17(23-22-25(18)11-12-30-22)14-29-21(28)19(15-7-3-1-4-8-15)24-20(27)16-9-5-2-6-10-16/h1-13,19H,14H2,(H,24,27)/t19-/m1/s1. The van der Waals surface area contributed by atoms with Gasteiger partial charge in [0.05, 0.1) is 5.69 Å². The predicted octanol–water partition coefficient (Wildman–Crippen LogP) is 2.97. The van der Waals surface area contributed by atoms with Crippen molar-refractivity contribution in [3.63, 3.8) is 0 Å². The zero-order valence-electron chi connectivity index (χ0n) is 15.7. The monoisotopic (exact) mass is 419 g/mol. The molecule has 1 atom stereocenters. The Balaban J connectivity index is 1.53. The summed E-state index contributed by atoms with van der Waals surface area (Å²) in [6, 6.07) is 17.8. The Kier molecular flexibility index (Phi) is 5.67. The van der Waals surface area contributed by atoms with E-state index in [2.05, 4.69) is 10.3 Å². The molecule has 0 aliphatic heterocycles. The third-order valence-electron chi connectivity index (χ3n) is 4.40. The van der Waals surface area contributed by atoms with E-state index in [-0.39, 0.29) is 12.2 Å². The smallest absolute Gasteiger partial charge is 0.333 e. The van der Waals surface area contributed by atoms with Gasteiger partial charge < -0.3 is 10.1 Å². The normalized spacial score (nSPS) is 11.7. The lowest BCUT2D eigenvalue weighted by atomic mass is 10.1. The molecule has 150 valence electrons. The number of ether oxygens (including phenoxy) is 1. The van der Waals surface area contributed by atoms with Crippen molar-refractivity contribution in [1.82, 2.24) is 14.7 Å². The van der Waals surface area contributed by atoms with E-state index in [1.165, 1.54) is 21.8 Å². The summed E-state index contributed by atoms with van der Waals surface area (Å²) in [4.78, 5) is 42.4. The van der Waals surface area contributed by atoms with Crippen molar-refractivity contribution in [2.75, 3.05) is 0 Å². The first kappa shape index (κ1) is 19.5. The number of nitrogens with one attached hydrogen (secondary N) is 1. The van der Waals surface area contributed by atoms with Crippen molar-refractivity contribution in [3.8, 4) is 0 Å².